The minimum absolute atomic E-state index is 0.103. The minimum atomic E-state index is 0.103. The molecule has 0 fully saturated rings. The maximum atomic E-state index is 7.37. The van der Waals surface area contributed by atoms with Crippen LogP contribution in [-0.2, 0) is 11.3 Å². The molecule has 1 unspecified atom stereocenters. The van der Waals surface area contributed by atoms with E-state index in [0.717, 1.165) is 17.7 Å². The molecule has 3 nitrogen and oxygen atoms in total. The van der Waals surface area contributed by atoms with Gasteiger partial charge in [-0.3, -0.25) is 5.41 Å². The number of hydrogen-bond donors (Lipinski definition) is 2. The largest absolute Gasteiger partial charge is 0.384 e. The number of rotatable bonds is 7. The summed E-state index contributed by atoms with van der Waals surface area (Å²) in [6.45, 7) is 5.77. The van der Waals surface area contributed by atoms with Gasteiger partial charge >= 0.3 is 0 Å². The molecule has 1 rings (SSSR count). The van der Waals surface area contributed by atoms with Crippen LogP contribution < -0.4 is 5.73 Å². The first-order valence-electron chi connectivity index (χ1n) is 6.14. The summed E-state index contributed by atoms with van der Waals surface area (Å²) >= 11 is 0. The number of nitrogens with two attached hydrogens (primary N) is 1. The molecule has 0 spiro atoms. The monoisotopic (exact) mass is 234 g/mol. The van der Waals surface area contributed by atoms with Gasteiger partial charge in [-0.25, -0.2) is 0 Å². The van der Waals surface area contributed by atoms with Crippen molar-refractivity contribution in [3.8, 4) is 0 Å². The number of hydrogen-bond acceptors (Lipinski definition) is 2. The molecule has 0 aliphatic rings. The highest BCUT2D eigenvalue weighted by Gasteiger charge is 2.02. The molecule has 1 atom stereocenters. The molecule has 3 N–H and O–H groups in total. The van der Waals surface area contributed by atoms with E-state index in [1.807, 2.05) is 24.3 Å². The Balaban J connectivity index is 2.41. The molecule has 0 aliphatic carbocycles. The van der Waals surface area contributed by atoms with Crippen LogP contribution in [0.25, 0.3) is 0 Å². The summed E-state index contributed by atoms with van der Waals surface area (Å²) in [6, 6.07) is 7.65. The summed E-state index contributed by atoms with van der Waals surface area (Å²) in [6.07, 6.45) is 2.40. The molecule has 0 aromatic heterocycles. The van der Waals surface area contributed by atoms with Crippen molar-refractivity contribution in [1.29, 1.82) is 5.41 Å². The van der Waals surface area contributed by atoms with Gasteiger partial charge in [-0.2, -0.15) is 0 Å². The molecule has 0 saturated carbocycles. The summed E-state index contributed by atoms with van der Waals surface area (Å²) in [5.41, 5.74) is 7.27. The Morgan fingerprint density at radius 3 is 2.88 bits per heavy atom. The van der Waals surface area contributed by atoms with Crippen LogP contribution in [0.3, 0.4) is 0 Å². The normalized spacial score (nSPS) is 12.4. The van der Waals surface area contributed by atoms with E-state index < -0.39 is 0 Å². The topological polar surface area (TPSA) is 59.1 Å². The van der Waals surface area contributed by atoms with E-state index in [4.69, 9.17) is 15.9 Å². The van der Waals surface area contributed by atoms with Crippen molar-refractivity contribution in [2.75, 3.05) is 6.61 Å². The Labute approximate surface area is 103 Å². The van der Waals surface area contributed by atoms with Crippen LogP contribution in [0.2, 0.25) is 0 Å². The average molecular weight is 234 g/mol. The van der Waals surface area contributed by atoms with Crippen LogP contribution in [0.4, 0.5) is 0 Å². The molecular formula is C14H22N2O. The van der Waals surface area contributed by atoms with Crippen LogP contribution in [0.15, 0.2) is 24.3 Å². The zero-order chi connectivity index (χ0) is 12.7. The SMILES string of the molecule is CCCC(C)COCc1cccc(C(=N)N)c1. The zero-order valence-corrected chi connectivity index (χ0v) is 10.7. The van der Waals surface area contributed by atoms with Gasteiger partial charge in [0.15, 0.2) is 0 Å². The van der Waals surface area contributed by atoms with E-state index in [2.05, 4.69) is 13.8 Å². The highest BCUT2D eigenvalue weighted by molar-refractivity contribution is 5.95. The van der Waals surface area contributed by atoms with E-state index >= 15 is 0 Å². The summed E-state index contributed by atoms with van der Waals surface area (Å²) in [7, 11) is 0. The Morgan fingerprint density at radius 2 is 2.24 bits per heavy atom. The maximum Gasteiger partial charge on any atom is 0.122 e. The van der Waals surface area contributed by atoms with E-state index in [9.17, 15) is 0 Å². The number of nitrogens with one attached hydrogen (secondary N) is 1. The van der Waals surface area contributed by atoms with Gasteiger partial charge in [0.2, 0.25) is 0 Å². The minimum Gasteiger partial charge on any atom is -0.384 e. The van der Waals surface area contributed by atoms with Gasteiger partial charge in [0.1, 0.15) is 5.84 Å². The van der Waals surface area contributed by atoms with Crippen LogP contribution in [0, 0.1) is 11.3 Å². The van der Waals surface area contributed by atoms with Crippen molar-refractivity contribution in [2.45, 2.75) is 33.3 Å². The molecule has 0 heterocycles. The van der Waals surface area contributed by atoms with E-state index in [0.29, 0.717) is 12.5 Å². The summed E-state index contributed by atoms with van der Waals surface area (Å²) in [5, 5.41) is 7.37. The Hall–Kier alpha value is -1.35. The van der Waals surface area contributed by atoms with Gasteiger partial charge in [0.05, 0.1) is 6.61 Å². The molecule has 0 saturated heterocycles. The molecule has 0 aliphatic heterocycles. The molecule has 3 heteroatoms. The van der Waals surface area contributed by atoms with Gasteiger partial charge in [-0.1, -0.05) is 38.5 Å². The lowest BCUT2D eigenvalue weighted by atomic mass is 10.1. The van der Waals surface area contributed by atoms with E-state index in [1.165, 1.54) is 12.8 Å². The lowest BCUT2D eigenvalue weighted by Gasteiger charge is -2.11. The third-order valence-corrected chi connectivity index (χ3v) is 2.69. The first-order valence-corrected chi connectivity index (χ1v) is 6.14. The second-order valence-corrected chi connectivity index (χ2v) is 4.52. The van der Waals surface area contributed by atoms with E-state index in [1.54, 1.807) is 0 Å². The molecular weight excluding hydrogens is 212 g/mol. The summed E-state index contributed by atoms with van der Waals surface area (Å²) in [5.74, 6) is 0.710. The number of nitrogen functional groups attached to an aromatic ring is 1. The standard InChI is InChI=1S/C14H22N2O/c1-3-5-11(2)9-17-10-12-6-4-7-13(8-12)14(15)16/h4,6-8,11H,3,5,9-10H2,1-2H3,(H3,15,16). The number of amidine groups is 1. The fourth-order valence-electron chi connectivity index (χ4n) is 1.78. The lowest BCUT2D eigenvalue weighted by molar-refractivity contribution is 0.0893. The van der Waals surface area contributed by atoms with Crippen LogP contribution in [0.5, 0.6) is 0 Å². The first kappa shape index (κ1) is 13.7. The number of ether oxygens (including phenoxy) is 1. The van der Waals surface area contributed by atoms with Crippen LogP contribution in [0.1, 0.15) is 37.8 Å². The lowest BCUT2D eigenvalue weighted by Crippen LogP contribution is -2.11. The predicted octanol–water partition coefficient (Wildman–Crippen LogP) is 2.92. The highest BCUT2D eigenvalue weighted by Crippen LogP contribution is 2.09. The summed E-state index contributed by atoms with van der Waals surface area (Å²) in [4.78, 5) is 0. The van der Waals surface area contributed by atoms with Gasteiger partial charge in [0, 0.05) is 12.2 Å². The van der Waals surface area contributed by atoms with Gasteiger partial charge < -0.3 is 10.5 Å². The van der Waals surface area contributed by atoms with Gasteiger partial charge in [0.25, 0.3) is 0 Å². The first-order chi connectivity index (χ1) is 8.13. The Kier molecular flexibility index (Phi) is 5.70. The molecule has 0 amide bonds. The third kappa shape index (κ3) is 5.00. The third-order valence-electron chi connectivity index (χ3n) is 2.69. The van der Waals surface area contributed by atoms with Crippen molar-refractivity contribution in [3.63, 3.8) is 0 Å². The number of benzene rings is 1. The van der Waals surface area contributed by atoms with Gasteiger partial charge in [-0.05, 0) is 24.0 Å². The quantitative estimate of drug-likeness (QED) is 0.563. The van der Waals surface area contributed by atoms with Crippen molar-refractivity contribution in [1.82, 2.24) is 0 Å². The van der Waals surface area contributed by atoms with Crippen LogP contribution in [-0.4, -0.2) is 12.4 Å². The van der Waals surface area contributed by atoms with Crippen molar-refractivity contribution in [2.24, 2.45) is 11.7 Å². The average Bonchev–Trinajstić information content (AvgIpc) is 2.30. The molecule has 17 heavy (non-hydrogen) atoms. The van der Waals surface area contributed by atoms with Crippen molar-refractivity contribution >= 4 is 5.84 Å². The molecule has 0 radical (unpaired) electrons. The second-order valence-electron chi connectivity index (χ2n) is 4.52. The molecule has 0 bridgehead atoms. The Morgan fingerprint density at radius 1 is 1.47 bits per heavy atom. The highest BCUT2D eigenvalue weighted by atomic mass is 16.5. The summed E-state index contributed by atoms with van der Waals surface area (Å²) < 4.78 is 5.66. The Bertz CT molecular complexity index is 363. The van der Waals surface area contributed by atoms with Crippen molar-refractivity contribution in [3.05, 3.63) is 35.4 Å². The zero-order valence-electron chi connectivity index (χ0n) is 10.7. The molecule has 1 aromatic carbocycles. The molecule has 94 valence electrons. The second kappa shape index (κ2) is 7.07. The molecule has 1 aromatic rings. The predicted molar refractivity (Wildman–Crippen MR) is 71.2 cm³/mol. The smallest absolute Gasteiger partial charge is 0.122 e. The van der Waals surface area contributed by atoms with Gasteiger partial charge in [-0.15, -0.1) is 0 Å². The van der Waals surface area contributed by atoms with Crippen molar-refractivity contribution < 1.29 is 4.74 Å². The van der Waals surface area contributed by atoms with Crippen LogP contribution >= 0.6 is 0 Å². The fraction of sp³-hybridized carbons (Fsp3) is 0.500. The fourth-order valence-corrected chi connectivity index (χ4v) is 1.78. The van der Waals surface area contributed by atoms with E-state index in [-0.39, 0.29) is 5.84 Å². The maximum absolute atomic E-state index is 7.37.